The summed E-state index contributed by atoms with van der Waals surface area (Å²) in [6.07, 6.45) is 1.53. The molecular formula is C28H20BrF3N4O2. The number of nitrogens with zero attached hydrogens (tertiary/aromatic N) is 4. The summed E-state index contributed by atoms with van der Waals surface area (Å²) in [5, 5.41) is 0. The number of alkyl halides is 3. The first-order valence-electron chi connectivity index (χ1n) is 11.2. The Morgan fingerprint density at radius 1 is 0.895 bits per heavy atom. The normalized spacial score (nSPS) is 10.9. The van der Waals surface area contributed by atoms with E-state index in [1.54, 1.807) is 78.6 Å². The van der Waals surface area contributed by atoms with Crippen molar-refractivity contribution in [2.45, 2.75) is 13.3 Å². The van der Waals surface area contributed by atoms with Gasteiger partial charge in [0, 0.05) is 29.8 Å². The highest BCUT2D eigenvalue weighted by Crippen LogP contribution is 2.34. The highest BCUT2D eigenvalue weighted by Gasteiger charge is 2.32. The number of carbonyl (C=O) groups excluding carboxylic acids is 1. The summed E-state index contributed by atoms with van der Waals surface area (Å²) in [4.78, 5) is 24.9. The number of aromatic nitrogens is 4. The predicted octanol–water partition coefficient (Wildman–Crippen LogP) is 7.22. The van der Waals surface area contributed by atoms with Crippen LogP contribution in [0.2, 0.25) is 0 Å². The van der Waals surface area contributed by atoms with Crippen LogP contribution in [0.15, 0.2) is 108 Å². The van der Waals surface area contributed by atoms with Gasteiger partial charge in [-0.1, -0.05) is 42.5 Å². The van der Waals surface area contributed by atoms with E-state index >= 15 is 0 Å². The molecule has 0 atom stereocenters. The van der Waals surface area contributed by atoms with Gasteiger partial charge in [-0.05, 0) is 70.4 Å². The van der Waals surface area contributed by atoms with Gasteiger partial charge in [0.25, 0.3) is 0 Å². The largest absolute Gasteiger partial charge is 0.573 e. The van der Waals surface area contributed by atoms with E-state index in [0.717, 1.165) is 10.2 Å². The molecule has 2 aromatic carbocycles. The molecule has 0 amide bonds. The van der Waals surface area contributed by atoms with Gasteiger partial charge >= 0.3 is 6.36 Å². The van der Waals surface area contributed by atoms with Crippen molar-refractivity contribution in [2.24, 2.45) is 0 Å². The molecule has 192 valence electrons. The Labute approximate surface area is 224 Å². The average molecular weight is 581 g/mol. The van der Waals surface area contributed by atoms with E-state index in [9.17, 15) is 18.0 Å². The molecule has 0 radical (unpaired) electrons. The molecule has 0 saturated heterocycles. The van der Waals surface area contributed by atoms with Gasteiger partial charge in [-0.15, -0.1) is 13.2 Å². The molecule has 0 fully saturated rings. The minimum Gasteiger partial charge on any atom is -0.405 e. The standard InChI is InChI=1S/C23H16F3N3O2.C5H4BrN/c1-15-6-5-11-27-21(15)22(30)19-13-29(14-28-19)17-8-4-7-16(12-17)18-9-2-3-10-20(18)31-23(24,25)26;6-5-3-1-2-4-7-5/h2-14H,1H3;1-4H. The summed E-state index contributed by atoms with van der Waals surface area (Å²) in [5.41, 5.74) is 2.73. The molecular weight excluding hydrogens is 561 g/mol. The number of ketones is 1. The van der Waals surface area contributed by atoms with Crippen LogP contribution in [0.3, 0.4) is 0 Å². The van der Waals surface area contributed by atoms with Crippen LogP contribution in [0.5, 0.6) is 5.75 Å². The van der Waals surface area contributed by atoms with Gasteiger partial charge in [-0.3, -0.25) is 9.78 Å². The third kappa shape index (κ3) is 6.92. The second-order valence-corrected chi connectivity index (χ2v) is 8.72. The monoisotopic (exact) mass is 580 g/mol. The number of pyridine rings is 2. The fourth-order valence-electron chi connectivity index (χ4n) is 3.52. The molecule has 5 rings (SSSR count). The number of imidazole rings is 1. The number of halogens is 4. The Morgan fingerprint density at radius 3 is 2.34 bits per heavy atom. The van der Waals surface area contributed by atoms with Crippen LogP contribution in [0.4, 0.5) is 13.2 Å². The lowest BCUT2D eigenvalue weighted by Crippen LogP contribution is -2.17. The molecule has 0 N–H and O–H groups in total. The van der Waals surface area contributed by atoms with Gasteiger partial charge in [0.15, 0.2) is 0 Å². The highest BCUT2D eigenvalue weighted by atomic mass is 79.9. The molecule has 0 saturated carbocycles. The summed E-state index contributed by atoms with van der Waals surface area (Å²) in [6, 6.07) is 22.0. The maximum Gasteiger partial charge on any atom is 0.573 e. The van der Waals surface area contributed by atoms with Crippen LogP contribution < -0.4 is 4.74 Å². The predicted molar refractivity (Wildman–Crippen MR) is 140 cm³/mol. The summed E-state index contributed by atoms with van der Waals surface area (Å²) in [7, 11) is 0. The number of benzene rings is 2. The van der Waals surface area contributed by atoms with E-state index < -0.39 is 6.36 Å². The number of para-hydroxylation sites is 1. The molecule has 6 nitrogen and oxygen atoms in total. The van der Waals surface area contributed by atoms with Crippen LogP contribution in [0.1, 0.15) is 21.7 Å². The molecule has 3 aromatic heterocycles. The van der Waals surface area contributed by atoms with Crippen LogP contribution in [0, 0.1) is 6.92 Å². The van der Waals surface area contributed by atoms with E-state index in [-0.39, 0.29) is 17.2 Å². The molecule has 5 aromatic rings. The Balaban J connectivity index is 0.000000417. The maximum absolute atomic E-state index is 12.8. The number of rotatable bonds is 5. The molecule has 0 aliphatic rings. The fraction of sp³-hybridized carbons (Fsp3) is 0.0714. The zero-order chi connectivity index (χ0) is 27.1. The Bertz CT molecular complexity index is 1540. The van der Waals surface area contributed by atoms with Crippen LogP contribution >= 0.6 is 15.9 Å². The Kier molecular flexibility index (Phi) is 8.32. The molecule has 0 unspecified atom stereocenters. The van der Waals surface area contributed by atoms with Crippen LogP contribution in [0.25, 0.3) is 16.8 Å². The fourth-order valence-corrected chi connectivity index (χ4v) is 3.79. The number of ether oxygens (including phenoxy) is 1. The van der Waals surface area contributed by atoms with Gasteiger partial charge in [0.2, 0.25) is 5.78 Å². The number of hydrogen-bond donors (Lipinski definition) is 0. The van der Waals surface area contributed by atoms with Gasteiger partial charge in [0.05, 0.1) is 0 Å². The Morgan fingerprint density at radius 2 is 1.66 bits per heavy atom. The molecule has 38 heavy (non-hydrogen) atoms. The lowest BCUT2D eigenvalue weighted by molar-refractivity contribution is -0.274. The summed E-state index contributed by atoms with van der Waals surface area (Å²) >= 11 is 3.20. The lowest BCUT2D eigenvalue weighted by Gasteiger charge is -2.14. The second kappa shape index (κ2) is 11.8. The maximum atomic E-state index is 12.8. The average Bonchev–Trinajstić information content (AvgIpc) is 3.40. The third-order valence-corrected chi connectivity index (χ3v) is 5.71. The van der Waals surface area contributed by atoms with Crippen molar-refractivity contribution in [3.8, 4) is 22.6 Å². The van der Waals surface area contributed by atoms with Crippen molar-refractivity contribution in [2.75, 3.05) is 0 Å². The summed E-state index contributed by atoms with van der Waals surface area (Å²) in [5.74, 6) is -0.601. The SMILES string of the molecule is Brc1ccccn1.Cc1cccnc1C(=O)c1cn(-c2cccc(-c3ccccc3OC(F)(F)F)c2)cn1. The van der Waals surface area contributed by atoms with Crippen LogP contribution in [-0.4, -0.2) is 31.7 Å². The third-order valence-electron chi connectivity index (χ3n) is 5.24. The number of hydrogen-bond acceptors (Lipinski definition) is 5. The van der Waals surface area contributed by atoms with E-state index in [0.29, 0.717) is 22.5 Å². The first-order valence-corrected chi connectivity index (χ1v) is 12.0. The van der Waals surface area contributed by atoms with Gasteiger partial charge in [0.1, 0.15) is 28.1 Å². The minimum absolute atomic E-state index is 0.216. The molecule has 0 aliphatic heterocycles. The Hall–Kier alpha value is -4.31. The van der Waals surface area contributed by atoms with Gasteiger partial charge in [-0.2, -0.15) is 0 Å². The van der Waals surface area contributed by atoms with E-state index in [1.165, 1.54) is 18.5 Å². The van der Waals surface area contributed by atoms with Crippen molar-refractivity contribution < 1.29 is 22.7 Å². The van der Waals surface area contributed by atoms with Gasteiger partial charge in [-0.25, -0.2) is 9.97 Å². The van der Waals surface area contributed by atoms with Gasteiger partial charge < -0.3 is 9.30 Å². The quantitative estimate of drug-likeness (QED) is 0.162. The number of carbonyl (C=O) groups is 1. The minimum atomic E-state index is -4.79. The lowest BCUT2D eigenvalue weighted by atomic mass is 10.0. The highest BCUT2D eigenvalue weighted by molar-refractivity contribution is 9.10. The summed E-state index contributed by atoms with van der Waals surface area (Å²) < 4.78 is 44.9. The smallest absolute Gasteiger partial charge is 0.405 e. The second-order valence-electron chi connectivity index (χ2n) is 7.91. The van der Waals surface area contributed by atoms with Crippen molar-refractivity contribution in [3.63, 3.8) is 0 Å². The topological polar surface area (TPSA) is 69.9 Å². The molecule has 3 heterocycles. The molecule has 0 spiro atoms. The van der Waals surface area contributed by atoms with E-state index in [4.69, 9.17) is 0 Å². The first-order chi connectivity index (χ1) is 18.2. The van der Waals surface area contributed by atoms with E-state index in [1.807, 2.05) is 18.2 Å². The first kappa shape index (κ1) is 26.7. The van der Waals surface area contributed by atoms with Crippen molar-refractivity contribution in [1.82, 2.24) is 19.5 Å². The van der Waals surface area contributed by atoms with Crippen molar-refractivity contribution >= 4 is 21.7 Å². The molecule has 0 aliphatic carbocycles. The molecule has 0 bridgehead atoms. The molecule has 10 heteroatoms. The van der Waals surface area contributed by atoms with Crippen LogP contribution in [-0.2, 0) is 0 Å². The zero-order valence-electron chi connectivity index (χ0n) is 19.9. The van der Waals surface area contributed by atoms with Crippen molar-refractivity contribution in [1.29, 1.82) is 0 Å². The van der Waals surface area contributed by atoms with Crippen molar-refractivity contribution in [3.05, 3.63) is 125 Å². The number of aryl methyl sites for hydroxylation is 1. The summed E-state index contributed by atoms with van der Waals surface area (Å²) in [6.45, 7) is 1.79. The van der Waals surface area contributed by atoms with E-state index in [2.05, 4.69) is 35.6 Å². The zero-order valence-corrected chi connectivity index (χ0v) is 21.5.